The molecule has 0 fully saturated rings. The van der Waals surface area contributed by atoms with Crippen LogP contribution in [0.5, 0.6) is 34.9 Å². The van der Waals surface area contributed by atoms with Crippen molar-refractivity contribution in [2.24, 2.45) is 0 Å². The fraction of sp³-hybridized carbons (Fsp3) is 0. The molecule has 0 N–H and O–H groups in total. The Labute approximate surface area is 915 Å². The van der Waals surface area contributed by atoms with Gasteiger partial charge in [-0.15, -0.1) is 178 Å². The van der Waals surface area contributed by atoms with Crippen LogP contribution >= 0.6 is 0 Å². The number of fused-ring (bicyclic) bond motifs is 19. The van der Waals surface area contributed by atoms with Crippen molar-refractivity contribution < 1.29 is 98.5 Å². The van der Waals surface area contributed by atoms with Crippen LogP contribution in [-0.2, 0) is 84.3 Å². The van der Waals surface area contributed by atoms with E-state index in [0.29, 0.717) is 34.9 Å². The van der Waals surface area contributed by atoms with Crippen LogP contribution in [0.25, 0.3) is 205 Å². The number of imidazole rings is 4. The minimum absolute atomic E-state index is 0. The summed E-state index contributed by atoms with van der Waals surface area (Å²) in [4.78, 5) is 36.3. The minimum atomic E-state index is 0. The molecule has 0 aliphatic rings. The number of hydrogen-bond donors (Lipinski definition) is 0. The molecule has 0 saturated carbocycles. The molecule has 0 aliphatic heterocycles. The zero-order valence-corrected chi connectivity index (χ0v) is 88.0. The van der Waals surface area contributed by atoms with E-state index in [4.69, 9.17) is 24.2 Å². The predicted octanol–water partition coefficient (Wildman–Crippen LogP) is 28.8. The van der Waals surface area contributed by atoms with E-state index in [1.807, 2.05) is 247 Å². The molecule has 0 spiro atoms. The quantitative estimate of drug-likeness (QED) is 0.0894. The first-order chi connectivity index (χ1) is 72.4. The Morgan fingerprint density at radius 3 is 1.00 bits per heavy atom. The van der Waals surface area contributed by atoms with Gasteiger partial charge in [0.05, 0.1) is 35.3 Å². The first kappa shape index (κ1) is 95.9. The van der Waals surface area contributed by atoms with Crippen molar-refractivity contribution in [1.82, 2.24) is 80.3 Å². The van der Waals surface area contributed by atoms with Crippen LogP contribution in [0.4, 0.5) is 0 Å². The van der Waals surface area contributed by atoms with Gasteiger partial charge in [-0.05, 0) is 159 Å². The van der Waals surface area contributed by atoms with Gasteiger partial charge in [0.15, 0.2) is 0 Å². The van der Waals surface area contributed by atoms with Crippen molar-refractivity contribution in [3.05, 3.63) is 505 Å². The third-order valence-electron chi connectivity index (χ3n) is 26.3. The molecule has 0 bridgehead atoms. The van der Waals surface area contributed by atoms with Crippen molar-refractivity contribution >= 4 is 131 Å². The second-order valence-corrected chi connectivity index (χ2v) is 34.9. The van der Waals surface area contributed by atoms with Crippen LogP contribution in [0.2, 0.25) is 0 Å². The Balaban J connectivity index is 0.000000109. The molecule has 0 radical (unpaired) electrons. The Bertz CT molecular complexity index is 9990. The molecular formula is C126H75N17O3Pt4. The monoisotopic (exact) mass is 2650 g/mol. The summed E-state index contributed by atoms with van der Waals surface area (Å²) in [5.41, 5.74) is 23.6. The average Bonchev–Trinajstić information content (AvgIpc) is 1.56. The van der Waals surface area contributed by atoms with Crippen LogP contribution in [-0.4, -0.2) is 80.3 Å². The van der Waals surface area contributed by atoms with E-state index in [1.54, 1.807) is 18.6 Å². The van der Waals surface area contributed by atoms with Crippen LogP contribution in [0.3, 0.4) is 0 Å². The van der Waals surface area contributed by atoms with Crippen LogP contribution in [0, 0.1) is 48.5 Å². The molecular weight excluding hydrogens is 2580 g/mol. The van der Waals surface area contributed by atoms with Crippen molar-refractivity contribution in [2.45, 2.75) is 0 Å². The largest absolute Gasteiger partial charge is 2.00 e. The second-order valence-electron chi connectivity index (χ2n) is 34.9. The molecule has 722 valence electrons. The zero-order chi connectivity index (χ0) is 96.5. The van der Waals surface area contributed by atoms with Gasteiger partial charge in [-0.25, -0.2) is 19.9 Å². The van der Waals surface area contributed by atoms with Crippen molar-refractivity contribution in [1.29, 1.82) is 0 Å². The third-order valence-corrected chi connectivity index (χ3v) is 26.3. The van der Waals surface area contributed by atoms with Gasteiger partial charge in [0.25, 0.3) is 0 Å². The van der Waals surface area contributed by atoms with Gasteiger partial charge < -0.3 is 54.6 Å². The molecule has 150 heavy (non-hydrogen) atoms. The molecule has 0 unspecified atom stereocenters. The molecule has 0 atom stereocenters. The Morgan fingerprint density at radius 2 is 0.540 bits per heavy atom. The number of para-hydroxylation sites is 5. The maximum atomic E-state index is 6.00. The van der Waals surface area contributed by atoms with E-state index in [0.717, 1.165) is 194 Å². The van der Waals surface area contributed by atoms with E-state index < -0.39 is 0 Å². The summed E-state index contributed by atoms with van der Waals surface area (Å²) in [5.74, 6) is 6.00. The summed E-state index contributed by atoms with van der Waals surface area (Å²) in [6.07, 6.45) is 22.5. The van der Waals surface area contributed by atoms with E-state index in [-0.39, 0.29) is 84.3 Å². The Morgan fingerprint density at radius 1 is 0.207 bits per heavy atom. The summed E-state index contributed by atoms with van der Waals surface area (Å²) in [6, 6.07) is 157. The number of aromatic nitrogens is 17. The normalized spacial score (nSPS) is 11.3. The molecule has 0 aliphatic carbocycles. The second kappa shape index (κ2) is 41.4. The van der Waals surface area contributed by atoms with Gasteiger partial charge in [-0.2, -0.15) is 24.3 Å². The predicted molar refractivity (Wildman–Crippen MR) is 576 cm³/mol. The first-order valence-corrected chi connectivity index (χ1v) is 47.6. The van der Waals surface area contributed by atoms with Crippen molar-refractivity contribution in [3.8, 4) is 109 Å². The molecule has 30 aromatic rings. The maximum absolute atomic E-state index is 6.00. The summed E-state index contributed by atoms with van der Waals surface area (Å²) in [5, 5.41) is 11.5. The fourth-order valence-corrected chi connectivity index (χ4v) is 19.9. The number of nitrogens with zero attached hydrogens (tertiary/aromatic N) is 17. The first-order valence-electron chi connectivity index (χ1n) is 47.6. The third kappa shape index (κ3) is 17.6. The number of hydrogen-bond acceptors (Lipinski definition) is 11. The molecule has 17 aromatic heterocycles. The van der Waals surface area contributed by atoms with E-state index in [1.165, 1.54) is 10.8 Å². The summed E-state index contributed by atoms with van der Waals surface area (Å²) < 4.78 is 37.2. The van der Waals surface area contributed by atoms with Crippen LogP contribution in [0.15, 0.2) is 457 Å². The van der Waals surface area contributed by atoms with Gasteiger partial charge in [0.2, 0.25) is 17.6 Å². The number of benzene rings is 13. The molecule has 13 aromatic carbocycles. The van der Waals surface area contributed by atoms with Gasteiger partial charge in [0, 0.05) is 147 Å². The van der Waals surface area contributed by atoms with Crippen molar-refractivity contribution in [3.63, 3.8) is 0 Å². The topological polar surface area (TPSA) is 173 Å². The smallest absolute Gasteiger partial charge is 0.466 e. The molecule has 24 heteroatoms. The van der Waals surface area contributed by atoms with Gasteiger partial charge in [-0.3, -0.25) is 19.9 Å². The average molecular weight is 2660 g/mol. The van der Waals surface area contributed by atoms with Crippen LogP contribution < -0.4 is 14.2 Å². The number of pyridine rings is 8. The molecule has 17 heterocycles. The number of rotatable bonds is 15. The zero-order valence-electron chi connectivity index (χ0n) is 78.9. The molecule has 20 nitrogen and oxygen atoms in total. The van der Waals surface area contributed by atoms with Crippen LogP contribution in [0.1, 0.15) is 0 Å². The maximum Gasteiger partial charge on any atom is 2.00 e. The van der Waals surface area contributed by atoms with E-state index in [2.05, 4.69) is 310 Å². The Hall–Kier alpha value is -17.6. The summed E-state index contributed by atoms with van der Waals surface area (Å²) >= 11 is 0. The fourth-order valence-electron chi connectivity index (χ4n) is 19.9. The minimum Gasteiger partial charge on any atom is -0.466 e. The standard InChI is InChI=1S/C36H21N5.3C30H18N4O.4Pt/c1-3-15-31-27(13-1)29-21-30-28-14-2-4-16-32(28)41(35-17-5-7-18-37-35)34(30)22-33(29)40(31)25-12-9-10-24(20-25)36-38-23-26-11-6-8-19-39(26)36;1-2-11-26-24(10-1)25-15-14-21(30-27-12-4-6-17-33(27)20-32-30)18-28(25)34(26)22-8-7-9-23(19-22)35-29-13-3-5-16-31-29;1-2-11-26-24(10-1)25-15-14-23(35-29-13-3-5-16-31-29)19-28(25)34(26)22-9-7-8-21(18-22)30-27-12-4-6-17-33(27)20-32-30;1-2-12-27-25(11-1)26-15-14-21(30-32-20-23-8-4-6-17-33(23)30)18-28(26)34(27)22-9-7-10-24(19-22)35-29-13-3-5-16-31-29;;;;/h1-19,21,23H;3*1-17,20H;;;;/q4*-2;4*+2. The van der Waals surface area contributed by atoms with Crippen molar-refractivity contribution in [2.75, 3.05) is 0 Å². The summed E-state index contributed by atoms with van der Waals surface area (Å²) in [7, 11) is 0. The molecule has 0 amide bonds. The Kier molecular flexibility index (Phi) is 26.4. The molecule has 30 rings (SSSR count). The summed E-state index contributed by atoms with van der Waals surface area (Å²) in [6.45, 7) is 0. The van der Waals surface area contributed by atoms with E-state index in [9.17, 15) is 0 Å². The van der Waals surface area contributed by atoms with Gasteiger partial charge in [0.1, 0.15) is 5.82 Å². The van der Waals surface area contributed by atoms with Gasteiger partial charge >= 0.3 is 84.3 Å². The number of ether oxygens (including phenoxy) is 3. The SMILES string of the molecule is [Pt+2].[Pt+2].[Pt+2].[Pt+2].[c-]1c(-c2ncc3ccccn23)cccc1-n1c2[c-]c3c(cc2c2ccccc21)c1ccccc1n3-c1ccccn1.[c-]1c(-c2ncn3ccccc23)cccc1-n1c2[c-]c(Oc3ccccn3)ccc2c2ccccc21.[c-]1c(Oc2ccccn2)cccc1-n1c2[c-]c(-c3ncc4ccccn34)ccc2c2ccccc21.[c-]1c(Oc2ccccn2)cccc1-n1c2[c-]c(-c3ncn4ccccc34)ccc2c2ccccc21. The molecule has 0 saturated heterocycles. The van der Waals surface area contributed by atoms with E-state index >= 15 is 0 Å². The van der Waals surface area contributed by atoms with Gasteiger partial charge in [-0.1, -0.05) is 178 Å².